The summed E-state index contributed by atoms with van der Waals surface area (Å²) >= 11 is 0. The minimum absolute atomic E-state index is 0.0211. The molecular formula is C27H25F2N3O2. The van der Waals surface area contributed by atoms with Crippen molar-refractivity contribution in [2.75, 3.05) is 0 Å². The molecule has 0 radical (unpaired) electrons. The third kappa shape index (κ3) is 4.73. The molecule has 4 rings (SSSR count). The van der Waals surface area contributed by atoms with Crippen LogP contribution in [0.3, 0.4) is 0 Å². The molecule has 0 saturated carbocycles. The van der Waals surface area contributed by atoms with E-state index in [-0.39, 0.29) is 24.9 Å². The number of carbonyl (C=O) groups is 1. The molecule has 1 aromatic heterocycles. The lowest BCUT2D eigenvalue weighted by Gasteiger charge is -2.16. The fourth-order valence-corrected chi connectivity index (χ4v) is 4.28. The van der Waals surface area contributed by atoms with Crippen molar-refractivity contribution in [1.82, 2.24) is 9.88 Å². The second-order valence-corrected chi connectivity index (χ2v) is 8.56. The van der Waals surface area contributed by atoms with Crippen LogP contribution in [0.5, 0.6) is 0 Å². The number of benzene rings is 3. The van der Waals surface area contributed by atoms with E-state index >= 15 is 0 Å². The zero-order chi connectivity index (χ0) is 24.2. The Morgan fingerprint density at radius 2 is 1.68 bits per heavy atom. The normalized spacial score (nSPS) is 11.2. The Bertz CT molecular complexity index is 1350. The number of amides is 1. The second kappa shape index (κ2) is 9.95. The molecule has 1 heterocycles. The van der Waals surface area contributed by atoms with Gasteiger partial charge in [-0.15, -0.1) is 0 Å². The van der Waals surface area contributed by atoms with E-state index in [1.807, 2.05) is 56.3 Å². The first-order valence-corrected chi connectivity index (χ1v) is 11.1. The van der Waals surface area contributed by atoms with Gasteiger partial charge in [0.2, 0.25) is 0 Å². The number of nitrogens with zero attached hydrogens (tertiary/aromatic N) is 2. The molecule has 0 aliphatic rings. The van der Waals surface area contributed by atoms with E-state index in [1.165, 1.54) is 6.07 Å². The van der Waals surface area contributed by atoms with Crippen LogP contribution in [-0.4, -0.2) is 10.5 Å². The molecule has 7 heteroatoms. The van der Waals surface area contributed by atoms with Gasteiger partial charge in [-0.2, -0.15) is 4.91 Å². The van der Waals surface area contributed by atoms with E-state index in [0.717, 1.165) is 39.9 Å². The van der Waals surface area contributed by atoms with Gasteiger partial charge in [-0.1, -0.05) is 67.6 Å². The summed E-state index contributed by atoms with van der Waals surface area (Å²) in [6.07, 6.45) is 0. The van der Waals surface area contributed by atoms with E-state index in [0.29, 0.717) is 17.7 Å². The number of halogens is 2. The summed E-state index contributed by atoms with van der Waals surface area (Å²) in [4.78, 5) is 24.3. The predicted octanol–water partition coefficient (Wildman–Crippen LogP) is 6.29. The Morgan fingerprint density at radius 1 is 0.941 bits per heavy atom. The van der Waals surface area contributed by atoms with Crippen LogP contribution < -0.4 is 5.32 Å². The lowest BCUT2D eigenvalue weighted by Crippen LogP contribution is -2.24. The molecule has 174 valence electrons. The molecule has 0 aliphatic heterocycles. The van der Waals surface area contributed by atoms with Crippen LogP contribution >= 0.6 is 0 Å². The third-order valence-electron chi connectivity index (χ3n) is 5.81. The average Bonchev–Trinajstić information content (AvgIpc) is 3.14. The van der Waals surface area contributed by atoms with Crippen molar-refractivity contribution >= 4 is 16.8 Å². The highest BCUT2D eigenvalue weighted by atomic mass is 19.2. The van der Waals surface area contributed by atoms with Crippen LogP contribution in [0.1, 0.15) is 52.5 Å². The van der Waals surface area contributed by atoms with Crippen LogP contribution in [-0.2, 0) is 19.6 Å². The number of fused-ring (bicyclic) bond motifs is 1. The molecule has 4 aromatic rings. The van der Waals surface area contributed by atoms with Gasteiger partial charge in [0.15, 0.2) is 11.6 Å². The first kappa shape index (κ1) is 23.3. The topological polar surface area (TPSA) is 63.5 Å². The minimum Gasteiger partial charge on any atom is -0.348 e. The largest absolute Gasteiger partial charge is 0.348 e. The molecule has 34 heavy (non-hydrogen) atoms. The zero-order valence-corrected chi connectivity index (χ0v) is 19.0. The molecule has 0 bridgehead atoms. The monoisotopic (exact) mass is 461 g/mol. The average molecular weight is 462 g/mol. The number of aromatic nitrogens is 1. The van der Waals surface area contributed by atoms with Gasteiger partial charge in [0, 0.05) is 29.7 Å². The summed E-state index contributed by atoms with van der Waals surface area (Å²) in [6, 6.07) is 19.0. The molecule has 1 amide bonds. The quantitative estimate of drug-likeness (QED) is 0.314. The highest BCUT2D eigenvalue weighted by molar-refractivity contribution is 6.08. The molecule has 0 atom stereocenters. The van der Waals surface area contributed by atoms with E-state index in [4.69, 9.17) is 0 Å². The predicted molar refractivity (Wildman–Crippen MR) is 129 cm³/mol. The number of nitrogens with one attached hydrogen (secondary N) is 1. The lowest BCUT2D eigenvalue weighted by atomic mass is 10.0. The summed E-state index contributed by atoms with van der Waals surface area (Å²) in [5.41, 5.74) is 4.54. The second-order valence-electron chi connectivity index (χ2n) is 8.56. The van der Waals surface area contributed by atoms with Gasteiger partial charge < -0.3 is 9.88 Å². The van der Waals surface area contributed by atoms with Gasteiger partial charge in [-0.05, 0) is 40.8 Å². The molecule has 0 saturated heterocycles. The molecule has 5 nitrogen and oxygen atoms in total. The van der Waals surface area contributed by atoms with Crippen molar-refractivity contribution in [2.45, 2.75) is 39.4 Å². The van der Waals surface area contributed by atoms with Crippen LogP contribution in [0.25, 0.3) is 10.9 Å². The maximum absolute atomic E-state index is 13.6. The zero-order valence-electron chi connectivity index (χ0n) is 19.0. The van der Waals surface area contributed by atoms with E-state index in [9.17, 15) is 18.5 Å². The number of carbonyl (C=O) groups excluding carboxylic acids is 1. The minimum atomic E-state index is -0.953. The number of hydrogen-bond acceptors (Lipinski definition) is 3. The van der Waals surface area contributed by atoms with Crippen molar-refractivity contribution in [3.05, 3.63) is 111 Å². The Balaban J connectivity index is 1.79. The van der Waals surface area contributed by atoms with Crippen LogP contribution in [0, 0.1) is 16.5 Å². The van der Waals surface area contributed by atoms with Gasteiger partial charge in [0.1, 0.15) is 6.54 Å². The van der Waals surface area contributed by atoms with E-state index in [1.54, 1.807) is 6.07 Å². The molecule has 0 aliphatic carbocycles. The van der Waals surface area contributed by atoms with Gasteiger partial charge in [-0.25, -0.2) is 8.78 Å². The fourth-order valence-electron chi connectivity index (χ4n) is 4.28. The van der Waals surface area contributed by atoms with E-state index < -0.39 is 11.6 Å². The SMILES string of the molecule is CC(C)c1c(C(=O)NCc2ccc(F)c(F)c2)c2ccc(CN=O)cc2n1Cc1ccccc1. The maximum atomic E-state index is 13.6. The van der Waals surface area contributed by atoms with Crippen molar-refractivity contribution in [3.63, 3.8) is 0 Å². The molecule has 3 aromatic carbocycles. The van der Waals surface area contributed by atoms with Gasteiger partial charge >= 0.3 is 0 Å². The number of nitroso groups, excluding NO2 is 1. The van der Waals surface area contributed by atoms with E-state index in [2.05, 4.69) is 15.1 Å². The van der Waals surface area contributed by atoms with Gasteiger partial charge in [0.25, 0.3) is 5.91 Å². The molecule has 1 N–H and O–H groups in total. The lowest BCUT2D eigenvalue weighted by molar-refractivity contribution is 0.0951. The Kier molecular flexibility index (Phi) is 6.82. The molecular weight excluding hydrogens is 436 g/mol. The number of rotatable bonds is 8. The van der Waals surface area contributed by atoms with Gasteiger partial charge in [0.05, 0.1) is 5.56 Å². The summed E-state index contributed by atoms with van der Waals surface area (Å²) < 4.78 is 29.0. The first-order valence-electron chi connectivity index (χ1n) is 11.1. The summed E-state index contributed by atoms with van der Waals surface area (Å²) in [5.74, 6) is -2.16. The molecule has 0 spiro atoms. The van der Waals surface area contributed by atoms with Crippen molar-refractivity contribution in [2.24, 2.45) is 5.18 Å². The van der Waals surface area contributed by atoms with Crippen LogP contribution in [0.4, 0.5) is 8.78 Å². The Morgan fingerprint density at radius 3 is 2.35 bits per heavy atom. The van der Waals surface area contributed by atoms with Crippen molar-refractivity contribution in [3.8, 4) is 0 Å². The maximum Gasteiger partial charge on any atom is 0.254 e. The first-order chi connectivity index (χ1) is 16.4. The van der Waals surface area contributed by atoms with Crippen LogP contribution in [0.15, 0.2) is 71.9 Å². The third-order valence-corrected chi connectivity index (χ3v) is 5.81. The smallest absolute Gasteiger partial charge is 0.254 e. The standard InChI is InChI=1S/C27H25F2N3O2/c1-17(2)26-25(27(33)30-14-19-9-11-22(28)23(29)12-19)21-10-8-20(15-31-34)13-24(21)32(26)16-18-6-4-3-5-7-18/h3-13,17H,14-16H2,1-2H3,(H,30,33). The van der Waals surface area contributed by atoms with Gasteiger partial charge in [-0.3, -0.25) is 4.79 Å². The highest BCUT2D eigenvalue weighted by Crippen LogP contribution is 2.33. The Labute approximate surface area is 196 Å². The number of hydrogen-bond donors (Lipinski definition) is 1. The van der Waals surface area contributed by atoms with Crippen molar-refractivity contribution < 1.29 is 13.6 Å². The fraction of sp³-hybridized carbons (Fsp3) is 0.222. The molecule has 0 unspecified atom stereocenters. The van der Waals surface area contributed by atoms with Crippen LogP contribution in [0.2, 0.25) is 0 Å². The summed E-state index contributed by atoms with van der Waals surface area (Å²) in [6.45, 7) is 4.71. The molecule has 0 fully saturated rings. The summed E-state index contributed by atoms with van der Waals surface area (Å²) in [7, 11) is 0. The Hall–Kier alpha value is -3.87. The van der Waals surface area contributed by atoms with Crippen molar-refractivity contribution in [1.29, 1.82) is 0 Å². The summed E-state index contributed by atoms with van der Waals surface area (Å²) in [5, 5.41) is 6.62. The highest BCUT2D eigenvalue weighted by Gasteiger charge is 2.25.